The highest BCUT2D eigenvalue weighted by Crippen LogP contribution is 2.17. The van der Waals surface area contributed by atoms with Gasteiger partial charge in [0.2, 0.25) is 5.91 Å². The number of ether oxygens (including phenoxy) is 1. The molecule has 1 aliphatic heterocycles. The molecule has 3 rings (SSSR count). The molecule has 8 heteroatoms. The number of carbonyl (C=O) groups excluding carboxylic acids is 1. The van der Waals surface area contributed by atoms with E-state index < -0.39 is 5.82 Å². The van der Waals surface area contributed by atoms with Gasteiger partial charge in [-0.1, -0.05) is 17.7 Å². The number of rotatable bonds is 5. The Balaban J connectivity index is 1.62. The Morgan fingerprint density at radius 1 is 1.50 bits per heavy atom. The van der Waals surface area contributed by atoms with Crippen LogP contribution in [0.15, 0.2) is 30.5 Å². The largest absolute Gasteiger partial charge is 0.378 e. The molecule has 0 radical (unpaired) electrons. The van der Waals surface area contributed by atoms with Crippen molar-refractivity contribution in [3.8, 4) is 0 Å². The van der Waals surface area contributed by atoms with Crippen LogP contribution in [0.1, 0.15) is 12.0 Å². The molecular weight excluding hydrogens is 335 g/mol. The number of hydrogen-bond donors (Lipinski definition) is 2. The summed E-state index contributed by atoms with van der Waals surface area (Å²) in [6.07, 6.45) is 1.91. The van der Waals surface area contributed by atoms with Gasteiger partial charge in [-0.15, -0.1) is 0 Å². The van der Waals surface area contributed by atoms with Crippen molar-refractivity contribution in [1.82, 2.24) is 15.1 Å². The Kier molecular flexibility index (Phi) is 5.44. The number of aromatic nitrogens is 2. The Bertz CT molecular complexity index is 716. The van der Waals surface area contributed by atoms with E-state index >= 15 is 0 Å². The van der Waals surface area contributed by atoms with Crippen LogP contribution >= 0.6 is 11.6 Å². The van der Waals surface area contributed by atoms with Crippen molar-refractivity contribution >= 4 is 23.3 Å². The predicted molar refractivity (Wildman–Crippen MR) is 88.6 cm³/mol. The van der Waals surface area contributed by atoms with Gasteiger partial charge in [0, 0.05) is 25.1 Å². The first-order chi connectivity index (χ1) is 11.6. The van der Waals surface area contributed by atoms with Crippen molar-refractivity contribution in [3.63, 3.8) is 0 Å². The molecule has 1 fully saturated rings. The van der Waals surface area contributed by atoms with Crippen molar-refractivity contribution in [1.29, 1.82) is 0 Å². The zero-order valence-corrected chi connectivity index (χ0v) is 13.7. The Hall–Kier alpha value is -1.96. The number of benzene rings is 1. The Morgan fingerprint density at radius 2 is 2.38 bits per heavy atom. The highest BCUT2D eigenvalue weighted by atomic mass is 35.5. The van der Waals surface area contributed by atoms with E-state index in [0.29, 0.717) is 37.6 Å². The number of morpholine rings is 1. The third kappa shape index (κ3) is 4.31. The molecule has 0 bridgehead atoms. The van der Waals surface area contributed by atoms with Gasteiger partial charge in [0.1, 0.15) is 11.6 Å². The summed E-state index contributed by atoms with van der Waals surface area (Å²) in [4.78, 5) is 12.2. The van der Waals surface area contributed by atoms with E-state index in [-0.39, 0.29) is 17.0 Å². The highest BCUT2D eigenvalue weighted by molar-refractivity contribution is 6.30. The lowest BCUT2D eigenvalue weighted by molar-refractivity contribution is -0.117. The van der Waals surface area contributed by atoms with Crippen molar-refractivity contribution in [3.05, 3.63) is 46.9 Å². The highest BCUT2D eigenvalue weighted by Gasteiger charge is 2.18. The molecule has 1 amide bonds. The number of carbonyl (C=O) groups is 1. The maximum absolute atomic E-state index is 13.5. The number of nitrogens with zero attached hydrogens (tertiary/aromatic N) is 2. The van der Waals surface area contributed by atoms with Gasteiger partial charge >= 0.3 is 0 Å². The molecule has 2 N–H and O–H groups in total. The van der Waals surface area contributed by atoms with E-state index in [4.69, 9.17) is 16.3 Å². The number of anilines is 1. The molecule has 1 unspecified atom stereocenters. The van der Waals surface area contributed by atoms with Crippen LogP contribution in [0.2, 0.25) is 5.02 Å². The molecule has 1 aromatic carbocycles. The van der Waals surface area contributed by atoms with Crippen molar-refractivity contribution in [2.24, 2.45) is 0 Å². The van der Waals surface area contributed by atoms with Crippen LogP contribution in [0.5, 0.6) is 0 Å². The fourth-order valence-corrected chi connectivity index (χ4v) is 2.66. The van der Waals surface area contributed by atoms with Crippen LogP contribution in [0.4, 0.5) is 10.2 Å². The summed E-state index contributed by atoms with van der Waals surface area (Å²) < 4.78 is 20.5. The molecule has 24 heavy (non-hydrogen) atoms. The number of halogens is 2. The maximum Gasteiger partial charge on any atom is 0.227 e. The second-order valence-electron chi connectivity index (χ2n) is 5.60. The van der Waals surface area contributed by atoms with Gasteiger partial charge in [-0.25, -0.2) is 9.07 Å². The minimum atomic E-state index is -0.477. The molecule has 0 aliphatic carbocycles. The summed E-state index contributed by atoms with van der Waals surface area (Å²) in [5.41, 5.74) is 0.707. The molecule has 1 aromatic heterocycles. The summed E-state index contributed by atoms with van der Waals surface area (Å²) in [6.45, 7) is 2.28. The quantitative estimate of drug-likeness (QED) is 0.864. The number of amides is 1. The topological polar surface area (TPSA) is 68.2 Å². The molecule has 2 aromatic rings. The van der Waals surface area contributed by atoms with Gasteiger partial charge in [-0.2, -0.15) is 5.10 Å². The first-order valence-electron chi connectivity index (χ1n) is 7.68. The molecule has 2 heterocycles. The lowest BCUT2D eigenvalue weighted by atomic mass is 10.2. The van der Waals surface area contributed by atoms with Gasteiger partial charge in [0.05, 0.1) is 31.0 Å². The zero-order valence-electron chi connectivity index (χ0n) is 13.0. The molecule has 1 atom stereocenters. The number of nitrogens with one attached hydrogen (secondary N) is 2. The van der Waals surface area contributed by atoms with E-state index in [1.165, 1.54) is 12.1 Å². The lowest BCUT2D eigenvalue weighted by Crippen LogP contribution is -2.43. The summed E-state index contributed by atoms with van der Waals surface area (Å²) in [7, 11) is 0. The molecule has 128 valence electrons. The Labute approximate surface area is 143 Å². The monoisotopic (exact) mass is 352 g/mol. The minimum Gasteiger partial charge on any atom is -0.378 e. The van der Waals surface area contributed by atoms with E-state index in [1.54, 1.807) is 23.0 Å². The first kappa shape index (κ1) is 16.9. The van der Waals surface area contributed by atoms with Gasteiger partial charge < -0.3 is 15.4 Å². The van der Waals surface area contributed by atoms with Gasteiger partial charge in [-0.3, -0.25) is 4.79 Å². The van der Waals surface area contributed by atoms with Crippen molar-refractivity contribution < 1.29 is 13.9 Å². The predicted octanol–water partition coefficient (Wildman–Crippen LogP) is 2.04. The van der Waals surface area contributed by atoms with E-state index in [1.807, 2.05) is 0 Å². The van der Waals surface area contributed by atoms with Crippen molar-refractivity contribution in [2.45, 2.75) is 19.0 Å². The summed E-state index contributed by atoms with van der Waals surface area (Å²) in [5, 5.41) is 10.3. The third-order valence-corrected chi connectivity index (χ3v) is 4.04. The van der Waals surface area contributed by atoms with Gasteiger partial charge in [0.15, 0.2) is 0 Å². The molecular formula is C16H18ClFN4O2. The van der Waals surface area contributed by atoms with Gasteiger partial charge in [0.25, 0.3) is 0 Å². The van der Waals surface area contributed by atoms with Crippen LogP contribution < -0.4 is 10.6 Å². The standard InChI is InChI=1S/C16H18ClFN4O2/c17-13-2-1-11(7-14(13)18)9-22-15(3-4-20-22)21-16(23)8-12-10-24-6-5-19-12/h1-4,7,12,19H,5-6,8-10H2,(H,21,23). The van der Waals surface area contributed by atoms with Crippen LogP contribution in [0.3, 0.4) is 0 Å². The minimum absolute atomic E-state index is 0.0143. The summed E-state index contributed by atoms with van der Waals surface area (Å²) in [5.74, 6) is -0.0376. The fourth-order valence-electron chi connectivity index (χ4n) is 2.54. The van der Waals surface area contributed by atoms with E-state index in [9.17, 15) is 9.18 Å². The molecule has 1 aliphatic rings. The fraction of sp³-hybridized carbons (Fsp3) is 0.375. The summed E-state index contributed by atoms with van der Waals surface area (Å²) >= 11 is 5.68. The molecule has 1 saturated heterocycles. The maximum atomic E-state index is 13.5. The first-order valence-corrected chi connectivity index (χ1v) is 8.06. The average molecular weight is 353 g/mol. The molecule has 0 saturated carbocycles. The van der Waals surface area contributed by atoms with Crippen molar-refractivity contribution in [2.75, 3.05) is 25.1 Å². The summed E-state index contributed by atoms with van der Waals surface area (Å²) in [6, 6.07) is 6.30. The number of hydrogen-bond acceptors (Lipinski definition) is 4. The smallest absolute Gasteiger partial charge is 0.227 e. The third-order valence-electron chi connectivity index (χ3n) is 3.73. The average Bonchev–Trinajstić information content (AvgIpc) is 2.98. The second kappa shape index (κ2) is 7.74. The van der Waals surface area contributed by atoms with Crippen LogP contribution in [-0.4, -0.2) is 41.5 Å². The normalized spacial score (nSPS) is 17.7. The SMILES string of the molecule is O=C(CC1COCCN1)Nc1ccnn1Cc1ccc(Cl)c(F)c1. The Morgan fingerprint density at radius 3 is 3.12 bits per heavy atom. The lowest BCUT2D eigenvalue weighted by Gasteiger charge is -2.23. The molecule has 0 spiro atoms. The van der Waals surface area contributed by atoms with Crippen LogP contribution in [-0.2, 0) is 16.1 Å². The molecule has 6 nitrogen and oxygen atoms in total. The zero-order chi connectivity index (χ0) is 16.9. The van der Waals surface area contributed by atoms with Gasteiger partial charge in [-0.05, 0) is 17.7 Å². The van der Waals surface area contributed by atoms with E-state index in [0.717, 1.165) is 6.54 Å². The second-order valence-corrected chi connectivity index (χ2v) is 6.01. The van der Waals surface area contributed by atoms with E-state index in [2.05, 4.69) is 15.7 Å². The van der Waals surface area contributed by atoms with Crippen LogP contribution in [0, 0.1) is 5.82 Å². The van der Waals surface area contributed by atoms with Crippen LogP contribution in [0.25, 0.3) is 0 Å².